The summed E-state index contributed by atoms with van der Waals surface area (Å²) in [5.41, 5.74) is 6.83. The van der Waals surface area contributed by atoms with Gasteiger partial charge in [-0.25, -0.2) is 0 Å². The summed E-state index contributed by atoms with van der Waals surface area (Å²) in [5.74, 6) is 0.526. The molecular formula is C21H27N3O3. The molecule has 1 amide bonds. The molecule has 1 heterocycles. The summed E-state index contributed by atoms with van der Waals surface area (Å²) < 4.78 is 6.02. The van der Waals surface area contributed by atoms with Gasteiger partial charge in [0.1, 0.15) is 11.9 Å². The van der Waals surface area contributed by atoms with Gasteiger partial charge < -0.3 is 20.9 Å². The number of anilines is 2. The molecule has 0 bridgehead atoms. The molecule has 2 aromatic carbocycles. The lowest BCUT2D eigenvalue weighted by atomic mass is 10.1. The van der Waals surface area contributed by atoms with E-state index in [0.29, 0.717) is 23.5 Å². The Morgan fingerprint density at radius 1 is 1.26 bits per heavy atom. The number of rotatable bonds is 6. The Labute approximate surface area is 159 Å². The first-order valence-corrected chi connectivity index (χ1v) is 9.17. The molecule has 1 aliphatic rings. The molecule has 0 aliphatic carbocycles. The van der Waals surface area contributed by atoms with Crippen molar-refractivity contribution in [3.8, 4) is 5.75 Å². The summed E-state index contributed by atoms with van der Waals surface area (Å²) in [7, 11) is 0. The van der Waals surface area contributed by atoms with Crippen LogP contribution in [0.5, 0.6) is 5.75 Å². The fourth-order valence-electron chi connectivity index (χ4n) is 3.27. The first-order valence-electron chi connectivity index (χ1n) is 9.17. The number of carbonyl (C=O) groups is 1. The van der Waals surface area contributed by atoms with E-state index in [2.05, 4.69) is 10.2 Å². The summed E-state index contributed by atoms with van der Waals surface area (Å²) in [6.45, 7) is 5.96. The first kappa shape index (κ1) is 19.2. The highest BCUT2D eigenvalue weighted by molar-refractivity contribution is 6.05. The minimum absolute atomic E-state index is 0.0937. The molecule has 0 unspecified atom stereocenters. The van der Waals surface area contributed by atoms with E-state index >= 15 is 0 Å². The van der Waals surface area contributed by atoms with Gasteiger partial charge in [0.15, 0.2) is 0 Å². The van der Waals surface area contributed by atoms with Crippen molar-refractivity contribution in [1.82, 2.24) is 4.90 Å². The van der Waals surface area contributed by atoms with Gasteiger partial charge in [-0.05, 0) is 56.7 Å². The molecule has 4 N–H and O–H groups in total. The van der Waals surface area contributed by atoms with E-state index in [0.717, 1.165) is 25.3 Å². The van der Waals surface area contributed by atoms with Crippen molar-refractivity contribution >= 4 is 17.3 Å². The fraction of sp³-hybridized carbons (Fsp3) is 0.381. The smallest absolute Gasteiger partial charge is 0.255 e. The van der Waals surface area contributed by atoms with Gasteiger partial charge in [-0.1, -0.05) is 12.1 Å². The Hall–Kier alpha value is -2.57. The van der Waals surface area contributed by atoms with Crippen LogP contribution in [0.4, 0.5) is 11.4 Å². The van der Waals surface area contributed by atoms with Gasteiger partial charge in [0.2, 0.25) is 0 Å². The molecule has 144 valence electrons. The second-order valence-electron chi connectivity index (χ2n) is 7.64. The van der Waals surface area contributed by atoms with E-state index in [4.69, 9.17) is 10.5 Å². The lowest BCUT2D eigenvalue weighted by Crippen LogP contribution is -2.38. The molecule has 0 radical (unpaired) electrons. The van der Waals surface area contributed by atoms with Crippen molar-refractivity contribution < 1.29 is 14.6 Å². The van der Waals surface area contributed by atoms with Crippen LogP contribution in [0.15, 0.2) is 48.5 Å². The number of β-amino-alcohol motifs (C(OH)–C–C–N with tert-alkyl or cyclic N) is 1. The number of nitrogens with zero attached hydrogens (tertiary/aromatic N) is 1. The fourth-order valence-corrected chi connectivity index (χ4v) is 3.27. The Balaban J connectivity index is 1.55. The molecule has 0 aromatic heterocycles. The average Bonchev–Trinajstić information content (AvgIpc) is 3.02. The van der Waals surface area contributed by atoms with Gasteiger partial charge in [0.25, 0.3) is 5.91 Å². The SMILES string of the molecule is CC(C)(O)CN1CC[C@H](Oc2ccc(C(=O)Nc3ccccc3N)cc2)C1. The van der Waals surface area contributed by atoms with Crippen LogP contribution in [0.25, 0.3) is 0 Å². The molecule has 1 saturated heterocycles. The number of carbonyl (C=O) groups excluding carboxylic acids is 1. The predicted molar refractivity (Wildman–Crippen MR) is 107 cm³/mol. The zero-order chi connectivity index (χ0) is 19.4. The normalized spacial score (nSPS) is 17.7. The van der Waals surface area contributed by atoms with Crippen LogP contribution in [0.1, 0.15) is 30.6 Å². The van der Waals surface area contributed by atoms with E-state index in [9.17, 15) is 9.90 Å². The van der Waals surface area contributed by atoms with Crippen molar-refractivity contribution in [3.05, 3.63) is 54.1 Å². The van der Waals surface area contributed by atoms with Crippen molar-refractivity contribution in [2.75, 3.05) is 30.7 Å². The van der Waals surface area contributed by atoms with E-state index in [1.165, 1.54) is 0 Å². The van der Waals surface area contributed by atoms with Crippen molar-refractivity contribution in [2.45, 2.75) is 32.0 Å². The number of likely N-dealkylation sites (tertiary alicyclic amines) is 1. The Bertz CT molecular complexity index is 784. The third-order valence-electron chi connectivity index (χ3n) is 4.47. The standard InChI is InChI=1S/C21H27N3O3/c1-21(2,26)14-24-12-11-17(13-24)27-16-9-7-15(8-10-16)20(25)23-19-6-4-3-5-18(19)22/h3-10,17,26H,11-14,22H2,1-2H3,(H,23,25)/t17-/m0/s1. The highest BCUT2D eigenvalue weighted by atomic mass is 16.5. The summed E-state index contributed by atoms with van der Waals surface area (Å²) in [5, 5.41) is 12.7. The maximum atomic E-state index is 12.4. The number of para-hydroxylation sites is 2. The maximum absolute atomic E-state index is 12.4. The molecule has 3 rings (SSSR count). The lowest BCUT2D eigenvalue weighted by molar-refractivity contribution is 0.0407. The molecule has 2 aromatic rings. The third kappa shape index (κ3) is 5.45. The molecule has 0 spiro atoms. The number of hydrogen-bond acceptors (Lipinski definition) is 5. The summed E-state index contributed by atoms with van der Waals surface area (Å²) in [4.78, 5) is 14.6. The topological polar surface area (TPSA) is 87.8 Å². The van der Waals surface area contributed by atoms with Gasteiger partial charge in [-0.15, -0.1) is 0 Å². The van der Waals surface area contributed by atoms with E-state index in [1.54, 1.807) is 24.3 Å². The molecule has 1 fully saturated rings. The van der Waals surface area contributed by atoms with E-state index < -0.39 is 5.60 Å². The van der Waals surface area contributed by atoms with Crippen LogP contribution >= 0.6 is 0 Å². The number of benzene rings is 2. The van der Waals surface area contributed by atoms with Gasteiger partial charge in [-0.2, -0.15) is 0 Å². The number of ether oxygens (including phenoxy) is 1. The van der Waals surface area contributed by atoms with Gasteiger partial charge in [0, 0.05) is 25.2 Å². The summed E-state index contributed by atoms with van der Waals surface area (Å²) in [6, 6.07) is 14.3. The number of nitrogens with one attached hydrogen (secondary N) is 1. The van der Waals surface area contributed by atoms with Crippen LogP contribution in [0.3, 0.4) is 0 Å². The average molecular weight is 369 g/mol. The highest BCUT2D eigenvalue weighted by Crippen LogP contribution is 2.22. The summed E-state index contributed by atoms with van der Waals surface area (Å²) in [6.07, 6.45) is 1.02. The van der Waals surface area contributed by atoms with Crippen LogP contribution in [0.2, 0.25) is 0 Å². The first-order chi connectivity index (χ1) is 12.8. The molecule has 1 aliphatic heterocycles. The predicted octanol–water partition coefficient (Wildman–Crippen LogP) is 2.75. The molecule has 0 saturated carbocycles. The number of nitrogen functional groups attached to an aromatic ring is 1. The Morgan fingerprint density at radius 3 is 2.63 bits per heavy atom. The van der Waals surface area contributed by atoms with Gasteiger partial charge in [0.05, 0.1) is 17.0 Å². The van der Waals surface area contributed by atoms with Crippen LogP contribution in [0, 0.1) is 0 Å². The minimum atomic E-state index is -0.702. The maximum Gasteiger partial charge on any atom is 0.255 e. The molecule has 6 heteroatoms. The molecule has 6 nitrogen and oxygen atoms in total. The molecular weight excluding hydrogens is 342 g/mol. The Kier molecular flexibility index (Phi) is 5.68. The zero-order valence-corrected chi connectivity index (χ0v) is 15.8. The lowest BCUT2D eigenvalue weighted by Gasteiger charge is -2.25. The van der Waals surface area contributed by atoms with Gasteiger partial charge >= 0.3 is 0 Å². The number of hydrogen-bond donors (Lipinski definition) is 3. The monoisotopic (exact) mass is 369 g/mol. The van der Waals surface area contributed by atoms with E-state index in [1.807, 2.05) is 38.1 Å². The van der Waals surface area contributed by atoms with Crippen LogP contribution < -0.4 is 15.8 Å². The quantitative estimate of drug-likeness (QED) is 0.682. The van der Waals surface area contributed by atoms with Crippen LogP contribution in [-0.2, 0) is 0 Å². The number of aliphatic hydroxyl groups is 1. The largest absolute Gasteiger partial charge is 0.489 e. The van der Waals surface area contributed by atoms with Crippen molar-refractivity contribution in [3.63, 3.8) is 0 Å². The van der Waals surface area contributed by atoms with E-state index in [-0.39, 0.29) is 12.0 Å². The zero-order valence-electron chi connectivity index (χ0n) is 15.8. The molecule has 27 heavy (non-hydrogen) atoms. The number of nitrogens with two attached hydrogens (primary N) is 1. The minimum Gasteiger partial charge on any atom is -0.489 e. The van der Waals surface area contributed by atoms with Gasteiger partial charge in [-0.3, -0.25) is 9.69 Å². The third-order valence-corrected chi connectivity index (χ3v) is 4.47. The number of amides is 1. The summed E-state index contributed by atoms with van der Waals surface area (Å²) >= 11 is 0. The Morgan fingerprint density at radius 2 is 1.96 bits per heavy atom. The second-order valence-corrected chi connectivity index (χ2v) is 7.64. The van der Waals surface area contributed by atoms with Crippen molar-refractivity contribution in [2.24, 2.45) is 0 Å². The highest BCUT2D eigenvalue weighted by Gasteiger charge is 2.27. The van der Waals surface area contributed by atoms with Crippen molar-refractivity contribution in [1.29, 1.82) is 0 Å². The molecule has 1 atom stereocenters. The van der Waals surface area contributed by atoms with Crippen LogP contribution in [-0.4, -0.2) is 47.3 Å². The second kappa shape index (κ2) is 7.98.